The third kappa shape index (κ3) is 6.13. The van der Waals surface area contributed by atoms with Crippen LogP contribution in [0.2, 0.25) is 0 Å². The number of halogens is 1. The van der Waals surface area contributed by atoms with Gasteiger partial charge in [-0.05, 0) is 73.4 Å². The van der Waals surface area contributed by atoms with Crippen LogP contribution in [0.25, 0.3) is 22.0 Å². The van der Waals surface area contributed by atoms with E-state index < -0.39 is 0 Å². The summed E-state index contributed by atoms with van der Waals surface area (Å²) in [6, 6.07) is 24.0. The third-order valence-corrected chi connectivity index (χ3v) is 7.72. The average molecular weight is 512 g/mol. The molecular weight excluding hydrogens is 473 g/mol. The fourth-order valence-corrected chi connectivity index (χ4v) is 5.47. The molecule has 1 aliphatic rings. The monoisotopic (exact) mass is 511 g/mol. The number of nitrogens with zero attached hydrogens (tertiary/aromatic N) is 3. The lowest BCUT2D eigenvalue weighted by molar-refractivity contribution is 0.322. The number of benzene rings is 3. The van der Waals surface area contributed by atoms with Gasteiger partial charge in [-0.2, -0.15) is 4.98 Å². The predicted molar refractivity (Wildman–Crippen MR) is 156 cm³/mol. The molecule has 0 bridgehead atoms. The summed E-state index contributed by atoms with van der Waals surface area (Å²) in [6.07, 6.45) is 4.57. The van der Waals surface area contributed by atoms with Gasteiger partial charge < -0.3 is 15.5 Å². The molecule has 0 amide bonds. The molecule has 1 unspecified atom stereocenters. The van der Waals surface area contributed by atoms with E-state index in [9.17, 15) is 4.39 Å². The second kappa shape index (κ2) is 11.9. The minimum absolute atomic E-state index is 0.153. The van der Waals surface area contributed by atoms with Gasteiger partial charge in [-0.15, -0.1) is 0 Å². The van der Waals surface area contributed by atoms with Crippen molar-refractivity contribution in [3.8, 4) is 11.1 Å². The zero-order valence-corrected chi connectivity index (χ0v) is 22.6. The molecule has 5 nitrogen and oxygen atoms in total. The number of fused-ring (bicyclic) bond motifs is 1. The Morgan fingerprint density at radius 2 is 1.66 bits per heavy atom. The normalized spacial score (nSPS) is 18.3. The minimum atomic E-state index is -0.153. The van der Waals surface area contributed by atoms with Crippen LogP contribution in [0.5, 0.6) is 0 Å². The largest absolute Gasteiger partial charge is 0.362 e. The lowest BCUT2D eigenvalue weighted by Crippen LogP contribution is -2.33. The SMILES string of the molecule is CC(CNC[C@H]1CC[C@@H](Nc2nc(N(C)C)c3ccccc3n2)CC1)c1ccc(-c2ccccc2)c(F)c1. The summed E-state index contributed by atoms with van der Waals surface area (Å²) >= 11 is 0. The summed E-state index contributed by atoms with van der Waals surface area (Å²) in [5, 5.41) is 8.32. The second-order valence-corrected chi connectivity index (χ2v) is 10.8. The second-order valence-electron chi connectivity index (χ2n) is 10.8. The first-order valence-corrected chi connectivity index (χ1v) is 13.7. The Labute approximate surface area is 225 Å². The van der Waals surface area contributed by atoms with Crippen molar-refractivity contribution in [2.75, 3.05) is 37.4 Å². The van der Waals surface area contributed by atoms with E-state index in [0.717, 1.165) is 53.8 Å². The van der Waals surface area contributed by atoms with E-state index in [4.69, 9.17) is 9.97 Å². The van der Waals surface area contributed by atoms with Crippen molar-refractivity contribution in [3.05, 3.63) is 84.2 Å². The number of anilines is 2. The number of hydrogen-bond acceptors (Lipinski definition) is 5. The standard InChI is InChI=1S/C32H38FN5/c1-22(25-15-18-27(29(33)19-25)24-9-5-4-6-10-24)20-34-21-23-13-16-26(17-14-23)35-32-36-30-12-8-7-11-28(30)31(37-32)38(2)3/h4-12,15,18-19,22-23,26,34H,13-14,16-17,20-21H2,1-3H3,(H,35,36,37)/t22?,23-,26+. The Balaban J connectivity index is 1.09. The molecule has 5 rings (SSSR count). The van der Waals surface area contributed by atoms with E-state index >= 15 is 0 Å². The van der Waals surface area contributed by atoms with Gasteiger partial charge in [-0.25, -0.2) is 9.37 Å². The average Bonchev–Trinajstić information content (AvgIpc) is 2.94. The van der Waals surface area contributed by atoms with Crippen molar-refractivity contribution < 1.29 is 4.39 Å². The van der Waals surface area contributed by atoms with Crippen molar-refractivity contribution in [1.29, 1.82) is 0 Å². The first kappa shape index (κ1) is 26.1. The van der Waals surface area contributed by atoms with Crippen LogP contribution in [-0.2, 0) is 0 Å². The highest BCUT2D eigenvalue weighted by molar-refractivity contribution is 5.90. The van der Waals surface area contributed by atoms with Crippen molar-refractivity contribution in [2.24, 2.45) is 5.92 Å². The van der Waals surface area contributed by atoms with E-state index in [2.05, 4.69) is 29.7 Å². The van der Waals surface area contributed by atoms with Crippen molar-refractivity contribution in [2.45, 2.75) is 44.6 Å². The van der Waals surface area contributed by atoms with Crippen LogP contribution >= 0.6 is 0 Å². The molecule has 0 radical (unpaired) electrons. The molecule has 38 heavy (non-hydrogen) atoms. The number of aromatic nitrogens is 2. The van der Waals surface area contributed by atoms with Crippen LogP contribution < -0.4 is 15.5 Å². The molecule has 1 aromatic heterocycles. The van der Waals surface area contributed by atoms with E-state index in [0.29, 0.717) is 23.5 Å². The van der Waals surface area contributed by atoms with Crippen LogP contribution in [0, 0.1) is 11.7 Å². The smallest absolute Gasteiger partial charge is 0.225 e. The first-order valence-electron chi connectivity index (χ1n) is 13.7. The Morgan fingerprint density at radius 1 is 0.921 bits per heavy atom. The van der Waals surface area contributed by atoms with Crippen LogP contribution in [0.1, 0.15) is 44.1 Å². The van der Waals surface area contributed by atoms with Gasteiger partial charge in [-0.1, -0.05) is 61.5 Å². The lowest BCUT2D eigenvalue weighted by atomic mass is 9.86. The summed E-state index contributed by atoms with van der Waals surface area (Å²) in [7, 11) is 4.04. The fraction of sp³-hybridized carbons (Fsp3) is 0.375. The molecule has 1 heterocycles. The van der Waals surface area contributed by atoms with Gasteiger partial charge in [0.25, 0.3) is 0 Å². The number of nitrogens with one attached hydrogen (secondary N) is 2. The first-order chi connectivity index (χ1) is 18.5. The summed E-state index contributed by atoms with van der Waals surface area (Å²) in [5.74, 6) is 2.42. The number of rotatable bonds is 9. The summed E-state index contributed by atoms with van der Waals surface area (Å²) < 4.78 is 14.8. The van der Waals surface area contributed by atoms with Crippen LogP contribution in [0.4, 0.5) is 16.2 Å². The van der Waals surface area contributed by atoms with Gasteiger partial charge in [-0.3, -0.25) is 0 Å². The maximum absolute atomic E-state index is 14.8. The van der Waals surface area contributed by atoms with Crippen LogP contribution in [-0.4, -0.2) is 43.2 Å². The quantitative estimate of drug-likeness (QED) is 0.257. The molecule has 0 saturated heterocycles. The number of hydrogen-bond donors (Lipinski definition) is 2. The van der Waals surface area contributed by atoms with Crippen LogP contribution in [0.15, 0.2) is 72.8 Å². The van der Waals surface area contributed by atoms with E-state index in [1.165, 1.54) is 12.8 Å². The summed E-state index contributed by atoms with van der Waals surface area (Å²) in [4.78, 5) is 11.6. The predicted octanol–water partition coefficient (Wildman–Crippen LogP) is 6.87. The maximum atomic E-state index is 14.8. The van der Waals surface area contributed by atoms with E-state index in [-0.39, 0.29) is 11.7 Å². The highest BCUT2D eigenvalue weighted by Gasteiger charge is 2.22. The number of para-hydroxylation sites is 1. The topological polar surface area (TPSA) is 53.1 Å². The summed E-state index contributed by atoms with van der Waals surface area (Å²) in [5.41, 5.74) is 3.58. The van der Waals surface area contributed by atoms with Crippen molar-refractivity contribution >= 4 is 22.7 Å². The molecule has 1 atom stereocenters. The molecule has 2 N–H and O–H groups in total. The van der Waals surface area contributed by atoms with Gasteiger partial charge in [0.05, 0.1) is 5.52 Å². The van der Waals surface area contributed by atoms with E-state index in [1.54, 1.807) is 6.07 Å². The molecular formula is C32H38FN5. The van der Waals surface area contributed by atoms with Crippen molar-refractivity contribution in [3.63, 3.8) is 0 Å². The molecule has 3 aromatic carbocycles. The molecule has 198 valence electrons. The zero-order chi connectivity index (χ0) is 26.5. The van der Waals surface area contributed by atoms with Crippen molar-refractivity contribution in [1.82, 2.24) is 15.3 Å². The molecule has 6 heteroatoms. The third-order valence-electron chi connectivity index (χ3n) is 7.72. The molecule has 0 aliphatic heterocycles. The Bertz CT molecular complexity index is 1350. The Hall–Kier alpha value is -3.51. The molecule has 0 spiro atoms. The van der Waals surface area contributed by atoms with Gasteiger partial charge in [0.2, 0.25) is 5.95 Å². The van der Waals surface area contributed by atoms with Gasteiger partial charge in [0.1, 0.15) is 11.6 Å². The molecule has 1 saturated carbocycles. The zero-order valence-electron chi connectivity index (χ0n) is 22.6. The highest BCUT2D eigenvalue weighted by atomic mass is 19.1. The van der Waals surface area contributed by atoms with E-state index in [1.807, 2.05) is 73.6 Å². The Kier molecular flexibility index (Phi) is 8.18. The van der Waals surface area contributed by atoms with Crippen LogP contribution in [0.3, 0.4) is 0 Å². The van der Waals surface area contributed by atoms with Gasteiger partial charge in [0.15, 0.2) is 0 Å². The highest BCUT2D eigenvalue weighted by Crippen LogP contribution is 2.29. The van der Waals surface area contributed by atoms with Gasteiger partial charge in [0, 0.05) is 37.6 Å². The lowest BCUT2D eigenvalue weighted by Gasteiger charge is -2.30. The molecule has 1 aliphatic carbocycles. The molecule has 1 fully saturated rings. The van der Waals surface area contributed by atoms with Gasteiger partial charge >= 0.3 is 0 Å². The summed E-state index contributed by atoms with van der Waals surface area (Å²) in [6.45, 7) is 4.01. The molecule has 4 aromatic rings. The Morgan fingerprint density at radius 3 is 2.39 bits per heavy atom. The fourth-order valence-electron chi connectivity index (χ4n) is 5.47. The maximum Gasteiger partial charge on any atom is 0.225 e. The minimum Gasteiger partial charge on any atom is -0.362 e.